The summed E-state index contributed by atoms with van der Waals surface area (Å²) in [6, 6.07) is 3.90. The zero-order chi connectivity index (χ0) is 16.4. The summed E-state index contributed by atoms with van der Waals surface area (Å²) in [5.41, 5.74) is 13.8. The smallest absolute Gasteiger partial charge is 0.191 e. The molecule has 0 aliphatic heterocycles. The van der Waals surface area contributed by atoms with Crippen LogP contribution in [-0.2, 0) is 6.54 Å². The molecular formula is C15H17N5S3. The minimum Gasteiger partial charge on any atom is -0.384 e. The Labute approximate surface area is 147 Å². The molecule has 0 radical (unpaired) electrons. The third-order valence-electron chi connectivity index (χ3n) is 3.39. The molecule has 4 N–H and O–H groups in total. The first kappa shape index (κ1) is 16.5. The van der Waals surface area contributed by atoms with Gasteiger partial charge in [0.05, 0.1) is 15.6 Å². The van der Waals surface area contributed by atoms with E-state index in [4.69, 9.17) is 11.5 Å². The zero-order valence-corrected chi connectivity index (χ0v) is 15.3. The fourth-order valence-corrected chi connectivity index (χ4v) is 4.45. The van der Waals surface area contributed by atoms with Crippen molar-refractivity contribution < 1.29 is 0 Å². The van der Waals surface area contributed by atoms with Crippen LogP contribution in [0.5, 0.6) is 0 Å². The number of aromatic nitrogens is 3. The molecule has 0 aliphatic carbocycles. The predicted molar refractivity (Wildman–Crippen MR) is 100 cm³/mol. The number of nitrogens with zero attached hydrogens (tertiary/aromatic N) is 3. The molecule has 3 aromatic rings. The van der Waals surface area contributed by atoms with Gasteiger partial charge in [0.15, 0.2) is 5.16 Å². The van der Waals surface area contributed by atoms with Crippen LogP contribution in [0.1, 0.15) is 23.4 Å². The Bertz CT molecular complexity index is 833. The van der Waals surface area contributed by atoms with Crippen molar-refractivity contribution in [1.29, 1.82) is 0 Å². The number of thioether (sulfide) groups is 2. The summed E-state index contributed by atoms with van der Waals surface area (Å²) in [6.07, 6.45) is 3.89. The molecule has 1 unspecified atom stereocenters. The quantitative estimate of drug-likeness (QED) is 0.406. The Kier molecular flexibility index (Phi) is 5.05. The lowest BCUT2D eigenvalue weighted by Crippen LogP contribution is -1.99. The van der Waals surface area contributed by atoms with Gasteiger partial charge >= 0.3 is 0 Å². The van der Waals surface area contributed by atoms with Crippen LogP contribution in [-0.4, -0.2) is 21.2 Å². The second-order valence-corrected chi connectivity index (χ2v) is 7.99. The van der Waals surface area contributed by atoms with Crippen molar-refractivity contribution in [3.63, 3.8) is 0 Å². The van der Waals surface area contributed by atoms with Gasteiger partial charge in [-0.05, 0) is 30.2 Å². The molecular weight excluding hydrogens is 346 g/mol. The maximum Gasteiger partial charge on any atom is 0.191 e. The van der Waals surface area contributed by atoms with Gasteiger partial charge in [-0.25, -0.2) is 9.97 Å². The minimum atomic E-state index is 0.126. The van der Waals surface area contributed by atoms with Gasteiger partial charge in [0, 0.05) is 24.2 Å². The number of hydrogen-bond acceptors (Lipinski definition) is 8. The van der Waals surface area contributed by atoms with Crippen molar-refractivity contribution in [2.75, 3.05) is 12.0 Å². The Balaban J connectivity index is 1.88. The van der Waals surface area contributed by atoms with Gasteiger partial charge in [-0.15, -0.1) is 23.1 Å². The van der Waals surface area contributed by atoms with Crippen LogP contribution in [0, 0.1) is 0 Å². The Morgan fingerprint density at radius 3 is 2.87 bits per heavy atom. The molecule has 0 bridgehead atoms. The van der Waals surface area contributed by atoms with E-state index < -0.39 is 0 Å². The minimum absolute atomic E-state index is 0.126. The first-order valence-electron chi connectivity index (χ1n) is 7.02. The number of thiophene rings is 1. The highest BCUT2D eigenvalue weighted by Crippen LogP contribution is 2.35. The molecule has 0 saturated carbocycles. The summed E-state index contributed by atoms with van der Waals surface area (Å²) in [5, 5.41) is 4.96. The van der Waals surface area contributed by atoms with Crippen molar-refractivity contribution in [3.05, 3.63) is 35.0 Å². The maximum atomic E-state index is 5.84. The van der Waals surface area contributed by atoms with Gasteiger partial charge < -0.3 is 11.5 Å². The van der Waals surface area contributed by atoms with E-state index in [0.717, 1.165) is 21.0 Å². The van der Waals surface area contributed by atoms with Gasteiger partial charge in [0.1, 0.15) is 10.8 Å². The summed E-state index contributed by atoms with van der Waals surface area (Å²) in [7, 11) is 0. The van der Waals surface area contributed by atoms with Crippen LogP contribution in [0.2, 0.25) is 0 Å². The van der Waals surface area contributed by atoms with Gasteiger partial charge in [-0.3, -0.25) is 4.98 Å². The van der Waals surface area contributed by atoms with E-state index in [1.165, 1.54) is 5.39 Å². The Hall–Kier alpha value is -1.35. The van der Waals surface area contributed by atoms with Crippen molar-refractivity contribution in [3.8, 4) is 0 Å². The average Bonchev–Trinajstić information content (AvgIpc) is 2.96. The molecule has 120 valence electrons. The highest BCUT2D eigenvalue weighted by Gasteiger charge is 2.14. The first-order valence-corrected chi connectivity index (χ1v) is 10.0. The fourth-order valence-electron chi connectivity index (χ4n) is 2.18. The molecule has 0 saturated heterocycles. The van der Waals surface area contributed by atoms with Gasteiger partial charge in [0.25, 0.3) is 0 Å². The highest BCUT2D eigenvalue weighted by molar-refractivity contribution is 7.99. The van der Waals surface area contributed by atoms with E-state index in [-0.39, 0.29) is 5.25 Å². The first-order chi connectivity index (χ1) is 11.1. The Morgan fingerprint density at radius 2 is 2.13 bits per heavy atom. The molecule has 0 aromatic carbocycles. The molecule has 3 rings (SSSR count). The molecule has 0 spiro atoms. The van der Waals surface area contributed by atoms with Crippen molar-refractivity contribution >= 4 is 50.8 Å². The summed E-state index contributed by atoms with van der Waals surface area (Å²) in [6.45, 7) is 2.64. The third kappa shape index (κ3) is 3.60. The SMILES string of the molecule is CSc1cc(N)nc(SC(C)c2cc3c(CN)csc3cn2)n1. The largest absolute Gasteiger partial charge is 0.384 e. The van der Waals surface area contributed by atoms with E-state index >= 15 is 0 Å². The number of rotatable bonds is 5. The van der Waals surface area contributed by atoms with Crippen LogP contribution in [0.4, 0.5) is 5.82 Å². The van der Waals surface area contributed by atoms with Crippen molar-refractivity contribution in [2.45, 2.75) is 28.9 Å². The summed E-state index contributed by atoms with van der Waals surface area (Å²) in [4.78, 5) is 13.4. The monoisotopic (exact) mass is 363 g/mol. The molecule has 0 amide bonds. The number of fused-ring (bicyclic) bond motifs is 1. The van der Waals surface area contributed by atoms with Crippen LogP contribution in [0.25, 0.3) is 10.1 Å². The standard InChI is InChI=1S/C15H17N5S3/c1-8(23-15-19-13(17)4-14(20-15)21-2)11-3-10-9(5-16)7-22-12(10)6-18-11/h3-4,6-8H,5,16H2,1-2H3,(H2,17,19,20). The summed E-state index contributed by atoms with van der Waals surface area (Å²) < 4.78 is 1.16. The molecule has 3 heterocycles. The second kappa shape index (κ2) is 7.04. The number of nitrogen functional groups attached to an aromatic ring is 1. The molecule has 0 fully saturated rings. The van der Waals surface area contributed by atoms with Gasteiger partial charge in [-0.2, -0.15) is 0 Å². The van der Waals surface area contributed by atoms with Crippen LogP contribution in [0.15, 0.2) is 33.9 Å². The highest BCUT2D eigenvalue weighted by atomic mass is 32.2. The van der Waals surface area contributed by atoms with Crippen LogP contribution in [0.3, 0.4) is 0 Å². The van der Waals surface area contributed by atoms with Crippen LogP contribution >= 0.6 is 34.9 Å². The number of hydrogen-bond donors (Lipinski definition) is 2. The summed E-state index contributed by atoms with van der Waals surface area (Å²) in [5.74, 6) is 0.491. The Morgan fingerprint density at radius 1 is 1.30 bits per heavy atom. The fraction of sp³-hybridized carbons (Fsp3) is 0.267. The van der Waals surface area contributed by atoms with E-state index in [1.54, 1.807) is 40.9 Å². The zero-order valence-electron chi connectivity index (χ0n) is 12.8. The van der Waals surface area contributed by atoms with E-state index in [9.17, 15) is 0 Å². The molecule has 1 atom stereocenters. The van der Waals surface area contributed by atoms with Crippen LogP contribution < -0.4 is 11.5 Å². The lowest BCUT2D eigenvalue weighted by atomic mass is 10.1. The average molecular weight is 364 g/mol. The molecule has 8 heteroatoms. The van der Waals surface area contributed by atoms with Crippen molar-refractivity contribution in [1.82, 2.24) is 15.0 Å². The van der Waals surface area contributed by atoms with Gasteiger partial charge in [-0.1, -0.05) is 11.8 Å². The molecule has 5 nitrogen and oxygen atoms in total. The van der Waals surface area contributed by atoms with E-state index in [1.807, 2.05) is 12.5 Å². The maximum absolute atomic E-state index is 5.84. The normalized spacial score (nSPS) is 12.7. The molecule has 0 aliphatic rings. The number of nitrogens with two attached hydrogens (primary N) is 2. The molecule has 3 aromatic heterocycles. The number of pyridine rings is 1. The number of anilines is 1. The lowest BCUT2D eigenvalue weighted by molar-refractivity contribution is 0.888. The van der Waals surface area contributed by atoms with E-state index in [2.05, 4.69) is 33.3 Å². The van der Waals surface area contributed by atoms with Crippen molar-refractivity contribution in [2.24, 2.45) is 5.73 Å². The second-order valence-electron chi connectivity index (χ2n) is 4.95. The molecule has 23 heavy (non-hydrogen) atoms. The van der Waals surface area contributed by atoms with Gasteiger partial charge in [0.2, 0.25) is 0 Å². The predicted octanol–water partition coefficient (Wildman–Crippen LogP) is 3.70. The topological polar surface area (TPSA) is 90.7 Å². The summed E-state index contributed by atoms with van der Waals surface area (Å²) >= 11 is 4.79. The third-order valence-corrected chi connectivity index (χ3v) is 5.99. The lowest BCUT2D eigenvalue weighted by Gasteiger charge is -2.11. The van der Waals surface area contributed by atoms with E-state index in [0.29, 0.717) is 17.5 Å².